The van der Waals surface area contributed by atoms with E-state index < -0.39 is 0 Å². The molecule has 4 nitrogen and oxygen atoms in total. The summed E-state index contributed by atoms with van der Waals surface area (Å²) in [6.07, 6.45) is 59.7. The average molecular weight is 821 g/mol. The summed E-state index contributed by atoms with van der Waals surface area (Å²) in [4.78, 5) is 23.5. The van der Waals surface area contributed by atoms with Crippen LogP contribution in [0.15, 0.2) is 0 Å². The normalized spacial score (nSPS) is 11.1. The first-order valence-corrected chi connectivity index (χ1v) is 26.9. The summed E-state index contributed by atoms with van der Waals surface area (Å²) < 4.78 is 10.8. The van der Waals surface area contributed by atoms with Gasteiger partial charge in [-0.2, -0.15) is 0 Å². The Kier molecular flexibility index (Phi) is 56.9. The van der Waals surface area contributed by atoms with Crippen molar-refractivity contribution in [3.63, 3.8) is 0 Å². The van der Waals surface area contributed by atoms with Crippen LogP contribution in [0.5, 0.6) is 0 Å². The Bertz CT molecular complexity index is 751. The molecule has 0 heterocycles. The summed E-state index contributed by atoms with van der Waals surface area (Å²) in [5.41, 5.74) is 0. The van der Waals surface area contributed by atoms with Gasteiger partial charge in [0.2, 0.25) is 0 Å². The summed E-state index contributed by atoms with van der Waals surface area (Å²) in [5.74, 6) is 0.0417. The SMILES string of the molecule is CCCCCCCCCCCCCCOC(=O)CCCCCCCCCCC.CCCCCCCCCCCCCCOC(=O)CCCCCCCCCCCCC. The summed E-state index contributed by atoms with van der Waals surface area (Å²) in [6.45, 7) is 10.4. The van der Waals surface area contributed by atoms with Gasteiger partial charge in [-0.05, 0) is 25.7 Å². The smallest absolute Gasteiger partial charge is 0.305 e. The van der Waals surface area contributed by atoms with Gasteiger partial charge in [-0.3, -0.25) is 9.59 Å². The molecule has 4 heteroatoms. The van der Waals surface area contributed by atoms with Gasteiger partial charge in [-0.15, -0.1) is 0 Å². The Morgan fingerprint density at radius 1 is 0.224 bits per heavy atom. The molecule has 0 rings (SSSR count). The Morgan fingerprint density at radius 3 is 0.569 bits per heavy atom. The highest BCUT2D eigenvalue weighted by molar-refractivity contribution is 5.69. The molecule has 0 unspecified atom stereocenters. The highest BCUT2D eigenvalue weighted by atomic mass is 16.5. The maximum absolute atomic E-state index is 11.8. The van der Waals surface area contributed by atoms with Crippen molar-refractivity contribution < 1.29 is 19.1 Å². The fraction of sp³-hybridized carbons (Fsp3) is 0.963. The van der Waals surface area contributed by atoms with Gasteiger partial charge >= 0.3 is 11.9 Å². The lowest BCUT2D eigenvalue weighted by Crippen LogP contribution is -2.05. The fourth-order valence-electron chi connectivity index (χ4n) is 7.92. The second-order valence-electron chi connectivity index (χ2n) is 18.1. The lowest BCUT2D eigenvalue weighted by molar-refractivity contribution is -0.144. The van der Waals surface area contributed by atoms with Crippen molar-refractivity contribution in [1.29, 1.82) is 0 Å². The molecule has 0 N–H and O–H groups in total. The van der Waals surface area contributed by atoms with E-state index >= 15 is 0 Å². The van der Waals surface area contributed by atoms with Crippen molar-refractivity contribution in [3.8, 4) is 0 Å². The Balaban J connectivity index is 0. The number of esters is 2. The largest absolute Gasteiger partial charge is 0.466 e. The molecule has 0 aliphatic carbocycles. The van der Waals surface area contributed by atoms with Crippen LogP contribution in [0.25, 0.3) is 0 Å². The number of hydrogen-bond acceptors (Lipinski definition) is 4. The van der Waals surface area contributed by atoms with Crippen LogP contribution in [0.1, 0.15) is 323 Å². The van der Waals surface area contributed by atoms with Crippen molar-refractivity contribution in [3.05, 3.63) is 0 Å². The number of ether oxygens (including phenoxy) is 2. The molecule has 0 spiro atoms. The zero-order valence-electron chi connectivity index (χ0n) is 40.6. The Labute approximate surface area is 366 Å². The van der Waals surface area contributed by atoms with E-state index in [1.807, 2.05) is 0 Å². The molecule has 0 fully saturated rings. The highest BCUT2D eigenvalue weighted by Gasteiger charge is 2.04. The molecule has 0 bridgehead atoms. The predicted octanol–water partition coefficient (Wildman–Crippen LogP) is 19.1. The number of hydrogen-bond donors (Lipinski definition) is 0. The van der Waals surface area contributed by atoms with Crippen molar-refractivity contribution in [1.82, 2.24) is 0 Å². The van der Waals surface area contributed by atoms with Crippen LogP contribution in [-0.4, -0.2) is 25.2 Å². The molecule has 348 valence electrons. The van der Waals surface area contributed by atoms with E-state index in [1.165, 1.54) is 257 Å². The van der Waals surface area contributed by atoms with Gasteiger partial charge in [-0.1, -0.05) is 285 Å². The third kappa shape index (κ3) is 57.0. The van der Waals surface area contributed by atoms with Gasteiger partial charge < -0.3 is 9.47 Å². The van der Waals surface area contributed by atoms with Gasteiger partial charge in [0, 0.05) is 12.8 Å². The quantitative estimate of drug-likeness (QED) is 0.0453. The molecule has 0 amide bonds. The van der Waals surface area contributed by atoms with Gasteiger partial charge in [-0.25, -0.2) is 0 Å². The third-order valence-corrected chi connectivity index (χ3v) is 12.0. The van der Waals surface area contributed by atoms with E-state index in [1.54, 1.807) is 0 Å². The van der Waals surface area contributed by atoms with Gasteiger partial charge in [0.1, 0.15) is 0 Å². The van der Waals surface area contributed by atoms with E-state index in [-0.39, 0.29) is 11.9 Å². The Hall–Kier alpha value is -1.06. The topological polar surface area (TPSA) is 52.6 Å². The van der Waals surface area contributed by atoms with Crippen LogP contribution in [0.2, 0.25) is 0 Å². The molecule has 0 saturated heterocycles. The molecule has 0 aromatic rings. The van der Waals surface area contributed by atoms with E-state index in [9.17, 15) is 9.59 Å². The van der Waals surface area contributed by atoms with Crippen LogP contribution in [0.3, 0.4) is 0 Å². The second-order valence-corrected chi connectivity index (χ2v) is 18.1. The maximum atomic E-state index is 11.8. The van der Waals surface area contributed by atoms with Crippen LogP contribution in [0.4, 0.5) is 0 Å². The zero-order valence-corrected chi connectivity index (χ0v) is 40.6. The molecular weight excluding hydrogens is 713 g/mol. The minimum Gasteiger partial charge on any atom is -0.466 e. The second kappa shape index (κ2) is 55.9. The lowest BCUT2D eigenvalue weighted by atomic mass is 10.1. The van der Waals surface area contributed by atoms with Gasteiger partial charge in [0.15, 0.2) is 0 Å². The lowest BCUT2D eigenvalue weighted by Gasteiger charge is -2.06. The molecule has 0 aliphatic heterocycles. The van der Waals surface area contributed by atoms with E-state index in [0.29, 0.717) is 26.1 Å². The summed E-state index contributed by atoms with van der Waals surface area (Å²) in [7, 11) is 0. The summed E-state index contributed by atoms with van der Waals surface area (Å²) >= 11 is 0. The molecule has 0 atom stereocenters. The standard InChI is InChI=1S/C28H56O2.C26H52O2/c1-3-5-7-9-11-13-15-17-19-21-23-25-27-30-28(29)26-24-22-20-18-16-14-12-10-8-6-4-2;1-3-5-7-9-11-13-14-15-17-19-21-23-25-28-26(27)24-22-20-18-16-12-10-8-6-4-2/h3-27H2,1-2H3;3-25H2,1-2H3. The van der Waals surface area contributed by atoms with Crippen LogP contribution >= 0.6 is 0 Å². The predicted molar refractivity (Wildman–Crippen MR) is 257 cm³/mol. The van der Waals surface area contributed by atoms with Crippen molar-refractivity contribution in [2.75, 3.05) is 13.2 Å². The fourth-order valence-corrected chi connectivity index (χ4v) is 7.92. The number of rotatable bonds is 48. The van der Waals surface area contributed by atoms with Gasteiger partial charge in [0.05, 0.1) is 13.2 Å². The van der Waals surface area contributed by atoms with E-state index in [0.717, 1.165) is 25.7 Å². The van der Waals surface area contributed by atoms with Gasteiger partial charge in [0.25, 0.3) is 0 Å². The number of unbranched alkanes of at least 4 members (excludes halogenated alkanes) is 40. The molecule has 0 aromatic carbocycles. The molecule has 0 saturated carbocycles. The Morgan fingerprint density at radius 2 is 0.379 bits per heavy atom. The van der Waals surface area contributed by atoms with Crippen LogP contribution < -0.4 is 0 Å². The molecule has 0 aliphatic rings. The van der Waals surface area contributed by atoms with Crippen molar-refractivity contribution in [2.45, 2.75) is 323 Å². The summed E-state index contributed by atoms with van der Waals surface area (Å²) in [5, 5.41) is 0. The first-order valence-electron chi connectivity index (χ1n) is 26.9. The van der Waals surface area contributed by atoms with E-state index in [2.05, 4.69) is 27.7 Å². The molecule has 58 heavy (non-hydrogen) atoms. The first kappa shape index (κ1) is 59.0. The van der Waals surface area contributed by atoms with Crippen LogP contribution in [-0.2, 0) is 19.1 Å². The average Bonchev–Trinajstić information content (AvgIpc) is 3.23. The molecular formula is C54H108O4. The van der Waals surface area contributed by atoms with Crippen LogP contribution in [0, 0.1) is 0 Å². The maximum Gasteiger partial charge on any atom is 0.305 e. The third-order valence-electron chi connectivity index (χ3n) is 12.0. The minimum absolute atomic E-state index is 0.0195. The highest BCUT2D eigenvalue weighted by Crippen LogP contribution is 2.16. The summed E-state index contributed by atoms with van der Waals surface area (Å²) in [6, 6.07) is 0. The monoisotopic (exact) mass is 821 g/mol. The molecule has 0 radical (unpaired) electrons. The number of carbonyl (C=O) groups excluding carboxylic acids is 2. The van der Waals surface area contributed by atoms with E-state index in [4.69, 9.17) is 9.47 Å². The minimum atomic E-state index is 0.0195. The first-order chi connectivity index (χ1) is 28.6. The van der Waals surface area contributed by atoms with Crippen molar-refractivity contribution in [2.24, 2.45) is 0 Å². The molecule has 0 aromatic heterocycles. The number of carbonyl (C=O) groups is 2. The zero-order chi connectivity index (χ0) is 42.5. The van der Waals surface area contributed by atoms with Crippen molar-refractivity contribution >= 4 is 11.9 Å².